The summed E-state index contributed by atoms with van der Waals surface area (Å²) in [5.41, 5.74) is 1.61. The molecule has 1 aliphatic heterocycles. The van der Waals surface area contributed by atoms with Crippen LogP contribution in [0.5, 0.6) is 11.5 Å². The highest BCUT2D eigenvalue weighted by Gasteiger charge is 2.46. The van der Waals surface area contributed by atoms with Crippen molar-refractivity contribution >= 4 is 23.1 Å². The number of aromatic nitrogens is 1. The number of hydrogen-bond acceptors (Lipinski definition) is 6. The van der Waals surface area contributed by atoms with E-state index in [4.69, 9.17) is 9.47 Å². The lowest BCUT2D eigenvalue weighted by atomic mass is 9.95. The molecule has 168 valence electrons. The fourth-order valence-electron chi connectivity index (χ4n) is 3.79. The lowest BCUT2D eigenvalue weighted by Crippen LogP contribution is -2.29. The summed E-state index contributed by atoms with van der Waals surface area (Å²) in [5.74, 6) is -0.421. The van der Waals surface area contributed by atoms with E-state index >= 15 is 0 Å². The fraction of sp³-hybridized carbons (Fsp3) is 0.192. The van der Waals surface area contributed by atoms with Crippen molar-refractivity contribution in [2.45, 2.75) is 19.4 Å². The monoisotopic (exact) mass is 444 g/mol. The van der Waals surface area contributed by atoms with Crippen molar-refractivity contribution in [3.8, 4) is 11.5 Å². The van der Waals surface area contributed by atoms with E-state index in [-0.39, 0.29) is 11.3 Å². The number of anilines is 1. The molecule has 1 saturated heterocycles. The van der Waals surface area contributed by atoms with E-state index < -0.39 is 17.7 Å². The van der Waals surface area contributed by atoms with Crippen molar-refractivity contribution < 1.29 is 24.2 Å². The SMILES string of the molecule is CCCOc1ccc(/C(O)=C2/C(=O)C(=O)N(c3ccc(OC)cc3)C2c2ccncc2)cc1. The Morgan fingerprint density at radius 1 is 0.970 bits per heavy atom. The van der Waals surface area contributed by atoms with Crippen LogP contribution in [0.15, 0.2) is 78.6 Å². The highest BCUT2D eigenvalue weighted by atomic mass is 16.5. The van der Waals surface area contributed by atoms with Crippen molar-refractivity contribution in [2.75, 3.05) is 18.6 Å². The predicted molar refractivity (Wildman–Crippen MR) is 124 cm³/mol. The molecule has 1 fully saturated rings. The second kappa shape index (κ2) is 9.56. The van der Waals surface area contributed by atoms with Crippen molar-refractivity contribution in [3.63, 3.8) is 0 Å². The van der Waals surface area contributed by atoms with Gasteiger partial charge in [0.1, 0.15) is 17.3 Å². The Bertz CT molecular complexity index is 1170. The molecule has 33 heavy (non-hydrogen) atoms. The maximum atomic E-state index is 13.1. The molecule has 0 bridgehead atoms. The van der Waals surface area contributed by atoms with Crippen LogP contribution in [-0.4, -0.2) is 35.5 Å². The zero-order valence-electron chi connectivity index (χ0n) is 18.4. The highest BCUT2D eigenvalue weighted by molar-refractivity contribution is 6.51. The van der Waals surface area contributed by atoms with Gasteiger partial charge in [0.25, 0.3) is 11.7 Å². The second-order valence-electron chi connectivity index (χ2n) is 7.52. The predicted octanol–water partition coefficient (Wildman–Crippen LogP) is 4.51. The minimum atomic E-state index is -0.808. The number of aliphatic hydroxyl groups is 1. The Balaban J connectivity index is 1.81. The topological polar surface area (TPSA) is 89.0 Å². The van der Waals surface area contributed by atoms with Gasteiger partial charge in [0.05, 0.1) is 25.3 Å². The molecule has 2 aromatic carbocycles. The van der Waals surface area contributed by atoms with Gasteiger partial charge in [-0.25, -0.2) is 0 Å². The van der Waals surface area contributed by atoms with Gasteiger partial charge in [-0.1, -0.05) is 6.92 Å². The number of benzene rings is 2. The molecule has 7 nitrogen and oxygen atoms in total. The number of rotatable bonds is 7. The quantitative estimate of drug-likeness (QED) is 0.328. The van der Waals surface area contributed by atoms with Gasteiger partial charge in [0, 0.05) is 23.6 Å². The normalized spacial score (nSPS) is 17.3. The van der Waals surface area contributed by atoms with Crippen LogP contribution in [-0.2, 0) is 9.59 Å². The van der Waals surface area contributed by atoms with Crippen molar-refractivity contribution in [1.82, 2.24) is 4.98 Å². The average Bonchev–Trinajstić information content (AvgIpc) is 3.13. The first kappa shape index (κ1) is 22.1. The fourth-order valence-corrected chi connectivity index (χ4v) is 3.79. The van der Waals surface area contributed by atoms with Gasteiger partial charge in [-0.05, 0) is 72.6 Å². The zero-order chi connectivity index (χ0) is 23.4. The molecule has 0 radical (unpaired) electrons. The molecule has 7 heteroatoms. The number of ether oxygens (including phenoxy) is 2. The largest absolute Gasteiger partial charge is 0.507 e. The first-order valence-electron chi connectivity index (χ1n) is 10.6. The Kier molecular flexibility index (Phi) is 6.40. The van der Waals surface area contributed by atoms with Gasteiger partial charge >= 0.3 is 0 Å². The molecule has 0 aliphatic carbocycles. The number of ketones is 1. The van der Waals surface area contributed by atoms with Crippen molar-refractivity contribution in [1.29, 1.82) is 0 Å². The Morgan fingerprint density at radius 3 is 2.21 bits per heavy atom. The molecule has 1 N–H and O–H groups in total. The van der Waals surface area contributed by atoms with Crippen LogP contribution in [0, 0.1) is 0 Å². The van der Waals surface area contributed by atoms with Crippen LogP contribution < -0.4 is 14.4 Å². The molecule has 0 spiro atoms. The Morgan fingerprint density at radius 2 is 1.61 bits per heavy atom. The molecule has 2 heterocycles. The van der Waals surface area contributed by atoms with Gasteiger partial charge in [-0.3, -0.25) is 19.5 Å². The summed E-state index contributed by atoms with van der Waals surface area (Å²) in [4.78, 5) is 31.7. The molecular weight excluding hydrogens is 420 g/mol. The molecular formula is C26H24N2O5. The number of carbonyl (C=O) groups is 2. The average molecular weight is 444 g/mol. The van der Waals surface area contributed by atoms with Gasteiger partial charge < -0.3 is 14.6 Å². The van der Waals surface area contributed by atoms with Crippen molar-refractivity contribution in [2.24, 2.45) is 0 Å². The molecule has 3 aromatic rings. The number of Topliss-reactive ketones (excluding diaryl/α,β-unsaturated/α-hetero) is 1. The minimum absolute atomic E-state index is 0.0178. The van der Waals surface area contributed by atoms with E-state index in [0.29, 0.717) is 34.9 Å². The summed E-state index contributed by atoms with van der Waals surface area (Å²) in [6.45, 7) is 2.60. The molecule has 1 amide bonds. The van der Waals surface area contributed by atoms with Gasteiger partial charge in [-0.15, -0.1) is 0 Å². The summed E-state index contributed by atoms with van der Waals surface area (Å²) in [7, 11) is 1.55. The minimum Gasteiger partial charge on any atom is -0.507 e. The van der Waals surface area contributed by atoms with Crippen LogP contribution in [0.3, 0.4) is 0 Å². The second-order valence-corrected chi connectivity index (χ2v) is 7.52. The summed E-state index contributed by atoms with van der Waals surface area (Å²) in [6.07, 6.45) is 4.05. The van der Waals surface area contributed by atoms with Crippen LogP contribution in [0.1, 0.15) is 30.5 Å². The summed E-state index contributed by atoms with van der Waals surface area (Å²) >= 11 is 0. The van der Waals surface area contributed by atoms with E-state index in [9.17, 15) is 14.7 Å². The molecule has 1 aliphatic rings. The van der Waals surface area contributed by atoms with Crippen LogP contribution >= 0.6 is 0 Å². The summed E-state index contributed by atoms with van der Waals surface area (Å²) in [5, 5.41) is 11.2. The summed E-state index contributed by atoms with van der Waals surface area (Å²) < 4.78 is 10.8. The Labute approximate surface area is 191 Å². The number of nitrogens with zero attached hydrogens (tertiary/aromatic N) is 2. The van der Waals surface area contributed by atoms with Crippen molar-refractivity contribution in [3.05, 3.63) is 89.8 Å². The maximum absolute atomic E-state index is 13.1. The number of hydrogen-bond donors (Lipinski definition) is 1. The highest BCUT2D eigenvalue weighted by Crippen LogP contribution is 2.42. The third-order valence-corrected chi connectivity index (χ3v) is 5.42. The molecule has 0 saturated carbocycles. The van der Waals surface area contributed by atoms with Gasteiger partial charge in [0.2, 0.25) is 0 Å². The van der Waals surface area contributed by atoms with E-state index in [2.05, 4.69) is 4.98 Å². The number of amides is 1. The van der Waals surface area contributed by atoms with E-state index in [1.807, 2.05) is 6.92 Å². The summed E-state index contributed by atoms with van der Waals surface area (Å²) in [6, 6.07) is 16.3. The third-order valence-electron chi connectivity index (χ3n) is 5.42. The smallest absolute Gasteiger partial charge is 0.300 e. The lowest BCUT2D eigenvalue weighted by molar-refractivity contribution is -0.132. The maximum Gasteiger partial charge on any atom is 0.300 e. The first-order chi connectivity index (χ1) is 16.0. The number of pyridine rings is 1. The number of methoxy groups -OCH3 is 1. The Hall–Kier alpha value is -4.13. The third kappa shape index (κ3) is 4.30. The first-order valence-corrected chi connectivity index (χ1v) is 10.6. The van der Waals surface area contributed by atoms with Crippen LogP contribution in [0.25, 0.3) is 5.76 Å². The number of carbonyl (C=O) groups excluding carboxylic acids is 2. The van der Waals surface area contributed by atoms with E-state index in [1.165, 1.54) is 4.90 Å². The molecule has 1 atom stereocenters. The van der Waals surface area contributed by atoms with Crippen LogP contribution in [0.4, 0.5) is 5.69 Å². The van der Waals surface area contributed by atoms with E-state index in [1.54, 1.807) is 80.2 Å². The van der Waals surface area contributed by atoms with Gasteiger partial charge in [-0.2, -0.15) is 0 Å². The standard InChI is InChI=1S/C26H24N2O5/c1-3-16-33-21-8-4-18(5-9-21)24(29)22-23(17-12-14-27-15-13-17)28(26(31)25(22)30)19-6-10-20(32-2)11-7-19/h4-15,23,29H,3,16H2,1-2H3/b24-22-. The van der Waals surface area contributed by atoms with E-state index in [0.717, 1.165) is 6.42 Å². The zero-order valence-corrected chi connectivity index (χ0v) is 18.4. The van der Waals surface area contributed by atoms with Crippen LogP contribution in [0.2, 0.25) is 0 Å². The number of aliphatic hydroxyl groups excluding tert-OH is 1. The molecule has 1 unspecified atom stereocenters. The molecule has 1 aromatic heterocycles. The lowest BCUT2D eigenvalue weighted by Gasteiger charge is -2.25. The molecule has 4 rings (SSSR count). The van der Waals surface area contributed by atoms with Gasteiger partial charge in [0.15, 0.2) is 0 Å².